The van der Waals surface area contributed by atoms with E-state index in [9.17, 15) is 0 Å². The molecule has 0 bridgehead atoms. The molecule has 0 spiro atoms. The first-order chi connectivity index (χ1) is 7.34. The van der Waals surface area contributed by atoms with Crippen molar-refractivity contribution in [2.75, 3.05) is 0 Å². The highest BCUT2D eigenvalue weighted by molar-refractivity contribution is 7.14. The van der Waals surface area contributed by atoms with E-state index in [0.29, 0.717) is 0 Å². The quantitative estimate of drug-likeness (QED) is 0.679. The Hall–Kier alpha value is -1.32. The van der Waals surface area contributed by atoms with E-state index in [2.05, 4.69) is 9.97 Å². The van der Waals surface area contributed by atoms with Gasteiger partial charge in [0.25, 0.3) is 0 Å². The molecule has 0 aliphatic carbocycles. The van der Waals surface area contributed by atoms with E-state index in [4.69, 9.17) is 11.6 Å². The van der Waals surface area contributed by atoms with Gasteiger partial charge in [-0.2, -0.15) is 0 Å². The molecule has 0 saturated carbocycles. The summed E-state index contributed by atoms with van der Waals surface area (Å²) >= 11 is 7.64. The van der Waals surface area contributed by atoms with Gasteiger partial charge < -0.3 is 4.98 Å². The van der Waals surface area contributed by atoms with Crippen molar-refractivity contribution in [1.82, 2.24) is 9.97 Å². The Bertz CT molecular complexity index is 579. The molecule has 2 nitrogen and oxygen atoms in total. The fourth-order valence-electron chi connectivity index (χ4n) is 1.52. The van der Waals surface area contributed by atoms with E-state index in [1.165, 1.54) is 0 Å². The SMILES string of the molecule is Clc1ccsc1-c1nc2ccccc2[nH]1. The van der Waals surface area contributed by atoms with Crippen LogP contribution in [0.3, 0.4) is 0 Å². The molecule has 0 saturated heterocycles. The van der Waals surface area contributed by atoms with Crippen LogP contribution in [0.1, 0.15) is 0 Å². The van der Waals surface area contributed by atoms with Crippen molar-refractivity contribution in [2.45, 2.75) is 0 Å². The molecule has 15 heavy (non-hydrogen) atoms. The van der Waals surface area contributed by atoms with Gasteiger partial charge in [-0.3, -0.25) is 0 Å². The molecule has 1 N–H and O–H groups in total. The molecule has 0 atom stereocenters. The number of aromatic amines is 1. The summed E-state index contributed by atoms with van der Waals surface area (Å²) in [6.45, 7) is 0. The Labute approximate surface area is 95.5 Å². The van der Waals surface area contributed by atoms with E-state index in [1.807, 2.05) is 35.7 Å². The van der Waals surface area contributed by atoms with Crippen LogP contribution >= 0.6 is 22.9 Å². The lowest BCUT2D eigenvalue weighted by molar-refractivity contribution is 1.36. The highest BCUT2D eigenvalue weighted by Crippen LogP contribution is 2.32. The number of rotatable bonds is 1. The van der Waals surface area contributed by atoms with Gasteiger partial charge in [0.2, 0.25) is 0 Å². The smallest absolute Gasteiger partial charge is 0.150 e. The summed E-state index contributed by atoms with van der Waals surface area (Å²) in [5, 5.41) is 2.71. The number of nitrogens with one attached hydrogen (secondary N) is 1. The van der Waals surface area contributed by atoms with Gasteiger partial charge in [-0.1, -0.05) is 23.7 Å². The zero-order valence-electron chi connectivity index (χ0n) is 7.70. The molecule has 2 aromatic heterocycles. The monoisotopic (exact) mass is 234 g/mol. The molecule has 0 radical (unpaired) electrons. The molecule has 0 fully saturated rings. The Kier molecular flexibility index (Phi) is 2.01. The minimum Gasteiger partial charge on any atom is -0.337 e. The minimum atomic E-state index is 0.749. The van der Waals surface area contributed by atoms with Crippen molar-refractivity contribution >= 4 is 34.0 Å². The van der Waals surface area contributed by atoms with Crippen LogP contribution in [0.4, 0.5) is 0 Å². The first-order valence-electron chi connectivity index (χ1n) is 4.53. The van der Waals surface area contributed by atoms with E-state index in [0.717, 1.165) is 26.8 Å². The van der Waals surface area contributed by atoms with Crippen LogP contribution in [-0.4, -0.2) is 9.97 Å². The number of para-hydroxylation sites is 2. The third kappa shape index (κ3) is 1.44. The second kappa shape index (κ2) is 3.36. The standard InChI is InChI=1S/C11H7ClN2S/c12-7-5-6-15-10(7)11-13-8-3-1-2-4-9(8)14-11/h1-6H,(H,13,14). The summed E-state index contributed by atoms with van der Waals surface area (Å²) < 4.78 is 0. The molecule has 0 aliphatic rings. The van der Waals surface area contributed by atoms with Gasteiger partial charge in [-0.25, -0.2) is 4.98 Å². The van der Waals surface area contributed by atoms with Crippen molar-refractivity contribution in [3.63, 3.8) is 0 Å². The molecule has 0 amide bonds. The lowest BCUT2D eigenvalue weighted by Crippen LogP contribution is -1.74. The summed E-state index contributed by atoms with van der Waals surface area (Å²) in [5.41, 5.74) is 2.01. The lowest BCUT2D eigenvalue weighted by Gasteiger charge is -1.90. The number of imidazole rings is 1. The summed E-state index contributed by atoms with van der Waals surface area (Å²) in [6.07, 6.45) is 0. The number of benzene rings is 1. The number of H-pyrrole nitrogens is 1. The van der Waals surface area contributed by atoms with E-state index >= 15 is 0 Å². The number of aromatic nitrogens is 2. The van der Waals surface area contributed by atoms with Crippen LogP contribution < -0.4 is 0 Å². The fraction of sp³-hybridized carbons (Fsp3) is 0. The lowest BCUT2D eigenvalue weighted by atomic mass is 10.3. The first-order valence-corrected chi connectivity index (χ1v) is 5.78. The molecule has 3 rings (SSSR count). The van der Waals surface area contributed by atoms with Crippen LogP contribution in [0.15, 0.2) is 35.7 Å². The van der Waals surface area contributed by atoms with Gasteiger partial charge in [0.05, 0.1) is 20.9 Å². The number of fused-ring (bicyclic) bond motifs is 1. The van der Waals surface area contributed by atoms with Gasteiger partial charge in [0.15, 0.2) is 0 Å². The van der Waals surface area contributed by atoms with Gasteiger partial charge >= 0.3 is 0 Å². The summed E-state index contributed by atoms with van der Waals surface area (Å²) in [7, 11) is 0. The predicted octanol–water partition coefficient (Wildman–Crippen LogP) is 3.94. The van der Waals surface area contributed by atoms with Gasteiger partial charge in [-0.15, -0.1) is 11.3 Å². The summed E-state index contributed by atoms with van der Waals surface area (Å²) in [4.78, 5) is 8.73. The van der Waals surface area contributed by atoms with Crippen molar-refractivity contribution in [2.24, 2.45) is 0 Å². The number of hydrogen-bond acceptors (Lipinski definition) is 2. The Balaban J connectivity index is 2.24. The van der Waals surface area contributed by atoms with Crippen molar-refractivity contribution < 1.29 is 0 Å². The average molecular weight is 235 g/mol. The van der Waals surface area contributed by atoms with E-state index < -0.39 is 0 Å². The van der Waals surface area contributed by atoms with Gasteiger partial charge in [0.1, 0.15) is 5.82 Å². The highest BCUT2D eigenvalue weighted by Gasteiger charge is 2.09. The average Bonchev–Trinajstić information content (AvgIpc) is 2.82. The second-order valence-electron chi connectivity index (χ2n) is 3.20. The predicted molar refractivity (Wildman–Crippen MR) is 64.4 cm³/mol. The topological polar surface area (TPSA) is 28.7 Å². The number of hydrogen-bond donors (Lipinski definition) is 1. The zero-order valence-corrected chi connectivity index (χ0v) is 9.27. The van der Waals surface area contributed by atoms with Crippen LogP contribution in [-0.2, 0) is 0 Å². The summed E-state index contributed by atoms with van der Waals surface area (Å²) in [5.74, 6) is 0.844. The van der Waals surface area contributed by atoms with Crippen LogP contribution in [0, 0.1) is 0 Å². The Morgan fingerprint density at radius 2 is 2.07 bits per heavy atom. The molecule has 1 aromatic carbocycles. The molecule has 4 heteroatoms. The molecular formula is C11H7ClN2S. The third-order valence-electron chi connectivity index (χ3n) is 2.22. The maximum absolute atomic E-state index is 6.05. The van der Waals surface area contributed by atoms with Gasteiger partial charge in [0, 0.05) is 0 Å². The van der Waals surface area contributed by atoms with Crippen LogP contribution in [0.2, 0.25) is 5.02 Å². The maximum atomic E-state index is 6.05. The van der Waals surface area contributed by atoms with Crippen molar-refractivity contribution in [3.8, 4) is 10.7 Å². The molecular weight excluding hydrogens is 228 g/mol. The van der Waals surface area contributed by atoms with Crippen LogP contribution in [0.5, 0.6) is 0 Å². The molecule has 74 valence electrons. The maximum Gasteiger partial charge on any atom is 0.150 e. The number of thiophene rings is 1. The minimum absolute atomic E-state index is 0.749. The highest BCUT2D eigenvalue weighted by atomic mass is 35.5. The zero-order chi connectivity index (χ0) is 10.3. The largest absolute Gasteiger partial charge is 0.337 e. The molecule has 3 aromatic rings. The van der Waals surface area contributed by atoms with Crippen molar-refractivity contribution in [1.29, 1.82) is 0 Å². The Morgan fingerprint density at radius 3 is 2.80 bits per heavy atom. The first kappa shape index (κ1) is 8.95. The molecule has 0 unspecified atom stereocenters. The van der Waals surface area contributed by atoms with Crippen molar-refractivity contribution in [3.05, 3.63) is 40.7 Å². The summed E-state index contributed by atoms with van der Waals surface area (Å²) in [6, 6.07) is 9.84. The second-order valence-corrected chi connectivity index (χ2v) is 4.52. The van der Waals surface area contributed by atoms with Crippen LogP contribution in [0.25, 0.3) is 21.7 Å². The molecule has 2 heterocycles. The van der Waals surface area contributed by atoms with E-state index in [-0.39, 0.29) is 0 Å². The number of nitrogens with zero attached hydrogens (tertiary/aromatic N) is 1. The van der Waals surface area contributed by atoms with Gasteiger partial charge in [-0.05, 0) is 23.6 Å². The normalized spacial score (nSPS) is 11.0. The Morgan fingerprint density at radius 1 is 1.20 bits per heavy atom. The van der Waals surface area contributed by atoms with E-state index in [1.54, 1.807) is 11.3 Å². The third-order valence-corrected chi connectivity index (χ3v) is 3.57. The fourth-order valence-corrected chi connectivity index (χ4v) is 2.61. The molecule has 0 aliphatic heterocycles. The number of halogens is 1.